The van der Waals surface area contributed by atoms with E-state index < -0.39 is 22.9 Å². The Kier molecular flexibility index (Phi) is 7.06. The van der Waals surface area contributed by atoms with Crippen molar-refractivity contribution in [2.45, 2.75) is 24.2 Å². The van der Waals surface area contributed by atoms with Gasteiger partial charge in [-0.05, 0) is 12.8 Å². The second-order valence-electron chi connectivity index (χ2n) is 11.2. The molecule has 214 valence electrons. The van der Waals surface area contributed by atoms with Gasteiger partial charge in [-0.25, -0.2) is 18.3 Å². The lowest BCUT2D eigenvalue weighted by atomic mass is 9.61. The van der Waals surface area contributed by atoms with Crippen LogP contribution in [-0.2, 0) is 9.53 Å². The highest BCUT2D eigenvalue weighted by Crippen LogP contribution is 2.41. The fraction of sp³-hybridized carbons (Fsp3) is 0.480. The lowest BCUT2D eigenvalue weighted by Crippen LogP contribution is -2.59. The summed E-state index contributed by atoms with van der Waals surface area (Å²) in [7, 11) is 3.45. The van der Waals surface area contributed by atoms with Gasteiger partial charge in [-0.1, -0.05) is 0 Å². The van der Waals surface area contributed by atoms with Crippen molar-refractivity contribution in [3.05, 3.63) is 35.8 Å². The first-order valence-corrected chi connectivity index (χ1v) is 13.8. The van der Waals surface area contributed by atoms with E-state index in [2.05, 4.69) is 25.3 Å². The van der Waals surface area contributed by atoms with Crippen molar-refractivity contribution in [1.82, 2.24) is 29.4 Å². The molecule has 0 atom stereocenters. The normalized spacial score (nSPS) is 19.8. The van der Waals surface area contributed by atoms with Crippen molar-refractivity contribution in [2.75, 3.05) is 68.4 Å². The third kappa shape index (κ3) is 4.99. The Labute approximate surface area is 237 Å². The number of piperazine rings is 1. The number of hydrogen-bond donors (Lipinski definition) is 2. The Morgan fingerprint density at radius 3 is 2.44 bits per heavy atom. The monoisotopic (exact) mass is 565 g/mol. The number of carbonyl (C=O) groups excluding carboxylic acids is 2. The van der Waals surface area contributed by atoms with Gasteiger partial charge in [0, 0.05) is 50.2 Å². The standard InChI is InChI=1S/C25H31B2F2N9O3/c26-20-16(29)11-38-22(33-20)18(21(30)34-38)23(39)32-17-10-31-9-15(28)19(17)36-3-1-25(27,2-4-36)24(40)37-7-5-35(6-8-37)14-12-41-13-14/h9-11,14H,1-8,12-13,26-27H2,(H2,30,34)(H,32,39). The highest BCUT2D eigenvalue weighted by Gasteiger charge is 2.41. The molecule has 3 saturated heterocycles. The Balaban J connectivity index is 1.15. The second-order valence-corrected chi connectivity index (χ2v) is 11.2. The maximum Gasteiger partial charge on any atom is 0.263 e. The number of piperidine rings is 1. The van der Waals surface area contributed by atoms with E-state index in [9.17, 15) is 14.0 Å². The second kappa shape index (κ2) is 10.6. The number of carbonyl (C=O) groups is 2. The number of nitrogen functional groups attached to an aromatic ring is 1. The number of anilines is 3. The van der Waals surface area contributed by atoms with Crippen LogP contribution in [0.3, 0.4) is 0 Å². The number of rotatable bonds is 5. The van der Waals surface area contributed by atoms with Gasteiger partial charge in [-0.15, -0.1) is 5.10 Å². The summed E-state index contributed by atoms with van der Waals surface area (Å²) in [6.07, 6.45) is 4.62. The van der Waals surface area contributed by atoms with E-state index in [0.717, 1.165) is 43.2 Å². The minimum absolute atomic E-state index is 0.0509. The minimum Gasteiger partial charge on any atom is -0.381 e. The average molecular weight is 565 g/mol. The molecule has 2 amide bonds. The van der Waals surface area contributed by atoms with E-state index in [1.54, 1.807) is 0 Å². The number of hydrogen-bond acceptors (Lipinski definition) is 9. The average Bonchev–Trinajstić information content (AvgIpc) is 3.23. The van der Waals surface area contributed by atoms with Crippen LogP contribution in [0.5, 0.6) is 0 Å². The molecule has 0 spiro atoms. The maximum atomic E-state index is 15.2. The van der Waals surface area contributed by atoms with E-state index in [1.165, 1.54) is 14.0 Å². The zero-order valence-corrected chi connectivity index (χ0v) is 23.1. The van der Waals surface area contributed by atoms with Gasteiger partial charge in [0.2, 0.25) is 5.91 Å². The molecular formula is C25H31B2F2N9O3. The highest BCUT2D eigenvalue weighted by molar-refractivity contribution is 6.31. The van der Waals surface area contributed by atoms with Gasteiger partial charge in [0.25, 0.3) is 5.91 Å². The fourth-order valence-electron chi connectivity index (χ4n) is 5.84. The number of fused-ring (bicyclic) bond motifs is 1. The molecule has 0 saturated carbocycles. The van der Waals surface area contributed by atoms with Crippen LogP contribution in [0, 0.1) is 11.6 Å². The van der Waals surface area contributed by atoms with Crippen LogP contribution in [0.4, 0.5) is 26.0 Å². The van der Waals surface area contributed by atoms with Crippen LogP contribution in [0.1, 0.15) is 23.2 Å². The summed E-state index contributed by atoms with van der Waals surface area (Å²) in [5.41, 5.74) is 6.42. The molecule has 0 bridgehead atoms. The maximum absolute atomic E-state index is 15.2. The number of pyridine rings is 1. The van der Waals surface area contributed by atoms with Gasteiger partial charge >= 0.3 is 0 Å². The predicted molar refractivity (Wildman–Crippen MR) is 153 cm³/mol. The number of nitrogens with one attached hydrogen (secondary N) is 1. The lowest BCUT2D eigenvalue weighted by molar-refractivity contribution is -0.139. The molecule has 3 fully saturated rings. The van der Waals surface area contributed by atoms with Gasteiger partial charge in [0.1, 0.15) is 19.1 Å². The van der Waals surface area contributed by atoms with Crippen molar-refractivity contribution in [3.63, 3.8) is 0 Å². The zero-order chi connectivity index (χ0) is 28.9. The molecule has 6 heterocycles. The molecule has 0 aromatic carbocycles. The molecule has 3 N–H and O–H groups in total. The summed E-state index contributed by atoms with van der Waals surface area (Å²) in [4.78, 5) is 41.1. The molecule has 41 heavy (non-hydrogen) atoms. The van der Waals surface area contributed by atoms with Crippen LogP contribution >= 0.6 is 0 Å². The molecule has 3 aromatic heterocycles. The Hall–Kier alpha value is -3.78. The Morgan fingerprint density at radius 1 is 1.07 bits per heavy atom. The first-order chi connectivity index (χ1) is 19.6. The van der Waals surface area contributed by atoms with E-state index in [1.807, 2.05) is 17.6 Å². The third-order valence-electron chi connectivity index (χ3n) is 8.55. The number of nitrogens with two attached hydrogens (primary N) is 1. The van der Waals surface area contributed by atoms with Crippen molar-refractivity contribution >= 4 is 55.9 Å². The van der Waals surface area contributed by atoms with Crippen LogP contribution in [0.2, 0.25) is 5.31 Å². The van der Waals surface area contributed by atoms with Crippen molar-refractivity contribution < 1.29 is 23.1 Å². The molecule has 0 aliphatic carbocycles. The number of halogens is 2. The lowest BCUT2D eigenvalue weighted by Gasteiger charge is -2.46. The topological polar surface area (TPSA) is 134 Å². The number of nitrogens with zero attached hydrogens (tertiary/aromatic N) is 7. The van der Waals surface area contributed by atoms with Gasteiger partial charge in [0.05, 0.1) is 43.5 Å². The SMILES string of the molecule is Bc1nc2c(C(=O)Nc3cncc(F)c3N3CCC(B)(C(=O)N4CCN(C5COC5)CC4)CC3)c(N)nn2cc1F. The number of amides is 2. The predicted octanol–water partition coefficient (Wildman–Crippen LogP) is -1.57. The molecule has 3 aliphatic rings. The van der Waals surface area contributed by atoms with Crippen LogP contribution in [0.15, 0.2) is 18.6 Å². The largest absolute Gasteiger partial charge is 0.381 e. The smallest absolute Gasteiger partial charge is 0.263 e. The molecule has 16 heteroatoms. The van der Waals surface area contributed by atoms with Crippen LogP contribution in [0.25, 0.3) is 5.65 Å². The molecule has 0 radical (unpaired) electrons. The van der Waals surface area contributed by atoms with Gasteiger partial charge in [0.15, 0.2) is 30.9 Å². The van der Waals surface area contributed by atoms with E-state index >= 15 is 4.39 Å². The first-order valence-electron chi connectivity index (χ1n) is 13.8. The van der Waals surface area contributed by atoms with Gasteiger partial charge in [-0.2, -0.15) is 0 Å². The Morgan fingerprint density at radius 2 is 1.78 bits per heavy atom. The third-order valence-corrected chi connectivity index (χ3v) is 8.55. The molecule has 0 unspecified atom stereocenters. The van der Waals surface area contributed by atoms with Crippen molar-refractivity contribution in [3.8, 4) is 0 Å². The first kappa shape index (κ1) is 27.4. The Bertz CT molecular complexity index is 1500. The summed E-state index contributed by atoms with van der Waals surface area (Å²) < 4.78 is 35.6. The molecule has 12 nitrogen and oxygen atoms in total. The number of ether oxygens (including phenoxy) is 1. The zero-order valence-electron chi connectivity index (χ0n) is 23.1. The summed E-state index contributed by atoms with van der Waals surface area (Å²) in [6, 6.07) is 0.462. The summed E-state index contributed by atoms with van der Waals surface area (Å²) >= 11 is 0. The van der Waals surface area contributed by atoms with Gasteiger partial charge in [-0.3, -0.25) is 19.5 Å². The minimum atomic E-state index is -0.672. The summed E-state index contributed by atoms with van der Waals surface area (Å²) in [6.45, 7) is 5.43. The van der Waals surface area contributed by atoms with Crippen LogP contribution < -0.4 is 21.5 Å². The molecule has 3 aliphatic heterocycles. The van der Waals surface area contributed by atoms with E-state index in [4.69, 9.17) is 10.5 Å². The molecule has 6 rings (SSSR count). The van der Waals surface area contributed by atoms with E-state index in [0.29, 0.717) is 45.1 Å². The van der Waals surface area contributed by atoms with Crippen LogP contribution in [-0.4, -0.2) is 115 Å². The quantitative estimate of drug-likeness (QED) is 0.352. The van der Waals surface area contributed by atoms with E-state index in [-0.39, 0.29) is 39.9 Å². The van der Waals surface area contributed by atoms with Crippen molar-refractivity contribution in [2.24, 2.45) is 0 Å². The summed E-state index contributed by atoms with van der Waals surface area (Å²) in [5, 5.41) is 6.12. The van der Waals surface area contributed by atoms with Gasteiger partial charge < -0.3 is 25.6 Å². The highest BCUT2D eigenvalue weighted by atomic mass is 19.1. The number of aromatic nitrogens is 4. The molecular weight excluding hydrogens is 534 g/mol. The fourth-order valence-corrected chi connectivity index (χ4v) is 5.84. The summed E-state index contributed by atoms with van der Waals surface area (Å²) in [5.74, 6) is -1.87. The molecule has 3 aromatic rings. The van der Waals surface area contributed by atoms with Crippen molar-refractivity contribution in [1.29, 1.82) is 0 Å².